The van der Waals surface area contributed by atoms with Gasteiger partial charge in [-0.1, -0.05) is 0 Å². The molecule has 1 heterocycles. The van der Waals surface area contributed by atoms with Crippen LogP contribution in [0.15, 0.2) is 29.2 Å². The number of rotatable bonds is 4. The Balaban J connectivity index is 2.34. The average Bonchev–Trinajstić information content (AvgIpc) is 2.47. The first-order valence-electron chi connectivity index (χ1n) is 6.09. The molecule has 1 amide bonds. The predicted molar refractivity (Wildman–Crippen MR) is 78.0 cm³/mol. The van der Waals surface area contributed by atoms with Gasteiger partial charge in [0.1, 0.15) is 26.3 Å². The Bertz CT molecular complexity index is 586. The zero-order valence-electron chi connectivity index (χ0n) is 11.0. The second-order valence-electron chi connectivity index (χ2n) is 4.30. The smallest absolute Gasteiger partial charge is 0.346 e. The molecule has 1 aliphatic heterocycles. The monoisotopic (exact) mass is 317 g/mol. The van der Waals surface area contributed by atoms with Gasteiger partial charge < -0.3 is 10.5 Å². The minimum absolute atomic E-state index is 0.191. The number of primary amides is 1. The lowest BCUT2D eigenvalue weighted by Gasteiger charge is -2.21. The molecule has 0 spiro atoms. The maximum Gasteiger partial charge on any atom is 0.346 e. The van der Waals surface area contributed by atoms with Crippen LogP contribution in [0.5, 0.6) is 5.75 Å². The summed E-state index contributed by atoms with van der Waals surface area (Å²) in [5.74, 6) is 0.417. The van der Waals surface area contributed by atoms with E-state index in [1.165, 1.54) is 19.2 Å². The summed E-state index contributed by atoms with van der Waals surface area (Å²) in [7, 11) is -3.20. The standard InChI is InChI=1S/C12H16N2O4S2/c1-18-9-3-5-10(6-4-9)20(16,17)19-8-2-7-14-12(19)11(13)15/h3-6,12,14H,2,7-8H2,1H3,(H-,13,15)/p+1. The van der Waals surface area contributed by atoms with E-state index in [9.17, 15) is 13.2 Å². The molecule has 1 aromatic carbocycles. The Morgan fingerprint density at radius 2 is 2.05 bits per heavy atom. The maximum atomic E-state index is 12.6. The van der Waals surface area contributed by atoms with Crippen molar-refractivity contribution in [1.29, 1.82) is 0 Å². The molecule has 8 heteroatoms. The van der Waals surface area contributed by atoms with Gasteiger partial charge in [0.2, 0.25) is 0 Å². The number of hydrogen-bond donors (Lipinski definition) is 2. The van der Waals surface area contributed by atoms with Crippen LogP contribution in [0.2, 0.25) is 0 Å². The average molecular weight is 317 g/mol. The van der Waals surface area contributed by atoms with Gasteiger partial charge in [0.05, 0.1) is 7.11 Å². The van der Waals surface area contributed by atoms with E-state index in [0.29, 0.717) is 24.5 Å². The fourth-order valence-corrected chi connectivity index (χ4v) is 7.74. The molecule has 0 radical (unpaired) electrons. The van der Waals surface area contributed by atoms with Crippen molar-refractivity contribution >= 4 is 24.7 Å². The molecule has 0 bridgehead atoms. The highest BCUT2D eigenvalue weighted by Gasteiger charge is 2.49. The highest BCUT2D eigenvalue weighted by Crippen LogP contribution is 2.26. The molecular formula is C12H17N2O4S2+. The summed E-state index contributed by atoms with van der Waals surface area (Å²) in [5.41, 5.74) is 5.30. The van der Waals surface area contributed by atoms with Gasteiger partial charge in [0.15, 0.2) is 0 Å². The largest absolute Gasteiger partial charge is 0.497 e. The van der Waals surface area contributed by atoms with Crippen molar-refractivity contribution in [3.05, 3.63) is 24.3 Å². The van der Waals surface area contributed by atoms with E-state index in [-0.39, 0.29) is 4.90 Å². The van der Waals surface area contributed by atoms with Crippen LogP contribution in [0.1, 0.15) is 6.42 Å². The number of nitrogens with one attached hydrogen (secondary N) is 1. The van der Waals surface area contributed by atoms with Gasteiger partial charge in [0.25, 0.3) is 11.3 Å². The summed E-state index contributed by atoms with van der Waals surface area (Å²) in [6, 6.07) is 6.17. The van der Waals surface area contributed by atoms with Crippen molar-refractivity contribution < 1.29 is 17.9 Å². The molecule has 1 fully saturated rings. The third kappa shape index (κ3) is 2.92. The topological polar surface area (TPSA) is 98.5 Å². The molecule has 1 saturated heterocycles. The van der Waals surface area contributed by atoms with Crippen molar-refractivity contribution in [3.8, 4) is 5.75 Å². The predicted octanol–water partition coefficient (Wildman–Crippen LogP) is -0.193. The van der Waals surface area contributed by atoms with Gasteiger partial charge in [-0.2, -0.15) is 8.42 Å². The van der Waals surface area contributed by atoms with Gasteiger partial charge in [-0.05, 0) is 24.3 Å². The second-order valence-corrected chi connectivity index (χ2v) is 9.93. The third-order valence-corrected chi connectivity index (χ3v) is 9.38. The number of carbonyl (C=O) groups is 1. The molecule has 6 nitrogen and oxygen atoms in total. The first-order chi connectivity index (χ1) is 9.46. The number of hydrogen-bond acceptors (Lipinski definition) is 5. The highest BCUT2D eigenvalue weighted by molar-refractivity contribution is 8.69. The molecule has 0 saturated carbocycles. The third-order valence-electron chi connectivity index (χ3n) is 3.00. The van der Waals surface area contributed by atoms with Crippen molar-refractivity contribution in [2.24, 2.45) is 5.73 Å². The van der Waals surface area contributed by atoms with Crippen molar-refractivity contribution in [3.63, 3.8) is 0 Å². The molecular weight excluding hydrogens is 300 g/mol. The number of methoxy groups -OCH3 is 1. The molecule has 0 aliphatic carbocycles. The van der Waals surface area contributed by atoms with E-state index in [1.807, 2.05) is 0 Å². The second kappa shape index (κ2) is 6.02. The number of ether oxygens (including phenoxy) is 1. The molecule has 20 heavy (non-hydrogen) atoms. The first-order valence-corrected chi connectivity index (χ1v) is 9.54. The Morgan fingerprint density at radius 1 is 1.40 bits per heavy atom. The van der Waals surface area contributed by atoms with E-state index >= 15 is 0 Å². The van der Waals surface area contributed by atoms with E-state index in [0.717, 1.165) is 0 Å². The summed E-state index contributed by atoms with van der Waals surface area (Å²) in [5, 5.41) is 2.09. The number of benzene rings is 1. The molecule has 2 unspecified atom stereocenters. The van der Waals surface area contributed by atoms with Gasteiger partial charge in [-0.25, -0.2) is 0 Å². The van der Waals surface area contributed by atoms with Crippen molar-refractivity contribution in [2.45, 2.75) is 16.7 Å². The van der Waals surface area contributed by atoms with Gasteiger partial charge in [0, 0.05) is 13.0 Å². The van der Waals surface area contributed by atoms with Gasteiger partial charge in [-0.15, -0.1) is 0 Å². The molecule has 110 valence electrons. The van der Waals surface area contributed by atoms with E-state index in [2.05, 4.69) is 5.32 Å². The lowest BCUT2D eigenvalue weighted by Crippen LogP contribution is -2.54. The van der Waals surface area contributed by atoms with Crippen LogP contribution in [0.3, 0.4) is 0 Å². The zero-order valence-corrected chi connectivity index (χ0v) is 12.7. The summed E-state index contributed by atoms with van der Waals surface area (Å²) >= 11 is 0. The number of nitrogens with two attached hydrogens (primary N) is 1. The molecule has 2 atom stereocenters. The van der Waals surface area contributed by atoms with E-state index in [1.54, 1.807) is 12.1 Å². The zero-order chi connectivity index (χ0) is 14.8. The molecule has 2 rings (SSSR count). The molecule has 0 aromatic heterocycles. The summed E-state index contributed by atoms with van der Waals surface area (Å²) in [4.78, 5) is 11.6. The Kier molecular flexibility index (Phi) is 4.56. The van der Waals surface area contributed by atoms with Crippen molar-refractivity contribution in [2.75, 3.05) is 19.4 Å². The minimum Gasteiger partial charge on any atom is -0.497 e. The first kappa shape index (κ1) is 15.1. The highest BCUT2D eigenvalue weighted by atomic mass is 33.2. The van der Waals surface area contributed by atoms with E-state index in [4.69, 9.17) is 10.5 Å². The van der Waals surface area contributed by atoms with Gasteiger partial charge >= 0.3 is 8.87 Å². The lowest BCUT2D eigenvalue weighted by molar-refractivity contribution is -0.118. The van der Waals surface area contributed by atoms with Crippen LogP contribution in [-0.2, 0) is 23.6 Å². The molecule has 1 aromatic rings. The van der Waals surface area contributed by atoms with Crippen molar-refractivity contribution in [1.82, 2.24) is 5.32 Å². The Morgan fingerprint density at radius 3 is 2.60 bits per heavy atom. The summed E-state index contributed by atoms with van der Waals surface area (Å²) in [6.07, 6.45) is 0.711. The number of amides is 1. The Labute approximate surface area is 120 Å². The number of carbonyl (C=O) groups excluding carboxylic acids is 1. The maximum absolute atomic E-state index is 12.6. The van der Waals surface area contributed by atoms with Crippen LogP contribution in [0, 0.1) is 0 Å². The van der Waals surface area contributed by atoms with Crippen LogP contribution in [0.4, 0.5) is 0 Å². The SMILES string of the molecule is COc1ccc(S(=O)(=O)[S+]2CCCNC2C(N)=O)cc1. The lowest BCUT2D eigenvalue weighted by atomic mass is 10.3. The van der Waals surface area contributed by atoms with Crippen LogP contribution in [0.25, 0.3) is 0 Å². The summed E-state index contributed by atoms with van der Waals surface area (Å²) < 4.78 is 30.3. The quantitative estimate of drug-likeness (QED) is 0.592. The molecule has 1 aliphatic rings. The fraction of sp³-hybridized carbons (Fsp3) is 0.417. The fourth-order valence-electron chi connectivity index (χ4n) is 1.99. The van der Waals surface area contributed by atoms with Gasteiger partial charge in [-0.3, -0.25) is 10.1 Å². The normalized spacial score (nSPS) is 23.2. The minimum atomic E-state index is -3.57. The van der Waals surface area contributed by atoms with Crippen LogP contribution < -0.4 is 15.8 Å². The van der Waals surface area contributed by atoms with Crippen LogP contribution >= 0.6 is 0 Å². The summed E-state index contributed by atoms with van der Waals surface area (Å²) in [6.45, 7) is 0.606. The van der Waals surface area contributed by atoms with E-state index < -0.39 is 30.1 Å². The van der Waals surface area contributed by atoms with Crippen LogP contribution in [-0.4, -0.2) is 39.1 Å². The molecule has 3 N–H and O–H groups in total. The Hall–Kier alpha value is -1.25.